The molecule has 0 heterocycles. The molecule has 0 bridgehead atoms. The van der Waals surface area contributed by atoms with Crippen LogP contribution in [-0.2, 0) is 0 Å². The number of alkyl halides is 31. The summed E-state index contributed by atoms with van der Waals surface area (Å²) >= 11 is 0. The van der Waals surface area contributed by atoms with Gasteiger partial charge in [0.15, 0.2) is 0 Å². The molecule has 0 fully saturated rings. The van der Waals surface area contributed by atoms with E-state index in [1.54, 1.807) is 0 Å². The molecular formula is C18H9F31O3. The van der Waals surface area contributed by atoms with E-state index in [1.165, 1.54) is 0 Å². The first-order valence-corrected chi connectivity index (χ1v) is 11.1. The zero-order chi connectivity index (χ0) is 43.6. The molecule has 0 saturated heterocycles. The molecule has 0 aromatic rings. The molecule has 316 valence electrons. The quantitative estimate of drug-likeness (QED) is 0.145. The number of aliphatic hydroxyl groups excluding tert-OH is 3. The Morgan fingerprint density at radius 2 is 0.308 bits per heavy atom. The third kappa shape index (κ3) is 6.80. The second kappa shape index (κ2) is 13.5. The van der Waals surface area contributed by atoms with Crippen molar-refractivity contribution < 1.29 is 151 Å². The molecule has 0 radical (unpaired) electrons. The van der Waals surface area contributed by atoms with Crippen LogP contribution in [0.15, 0.2) is 0 Å². The highest BCUT2D eigenvalue weighted by Crippen LogP contribution is 2.65. The van der Waals surface area contributed by atoms with Crippen LogP contribution in [0.2, 0.25) is 0 Å². The Labute approximate surface area is 261 Å². The van der Waals surface area contributed by atoms with Crippen LogP contribution in [0.25, 0.3) is 0 Å². The first kappa shape index (κ1) is 51.8. The second-order valence-corrected chi connectivity index (χ2v) is 9.40. The highest BCUT2D eigenvalue weighted by Gasteiger charge is 2.96. The lowest BCUT2D eigenvalue weighted by Crippen LogP contribution is -2.74. The van der Waals surface area contributed by atoms with E-state index >= 15 is 0 Å². The van der Waals surface area contributed by atoms with E-state index in [4.69, 9.17) is 15.3 Å². The standard InChI is InChI=1S/C9H3F17O.C9H6F14O2/c10-2(11,1-27)3(12,13)4(14,15)5(16,17)6(18,19)7(20,21)8(22,23)9(24,25)26;10-3(11,1-24)5(14,15)7(18,19)9(22,23)8(20,21)6(16,17)4(12,13)2-25/h27H,1H2;24-25H,1-2H2. The van der Waals surface area contributed by atoms with E-state index in [0.717, 1.165) is 0 Å². The van der Waals surface area contributed by atoms with Crippen LogP contribution in [0.5, 0.6) is 0 Å². The average Bonchev–Trinajstić information content (AvgIpc) is 2.95. The molecule has 52 heavy (non-hydrogen) atoms. The maximum Gasteiger partial charge on any atom is 0.460 e. The summed E-state index contributed by atoms with van der Waals surface area (Å²) in [4.78, 5) is 0. The minimum atomic E-state index is -8.64. The van der Waals surface area contributed by atoms with Gasteiger partial charge in [-0.1, -0.05) is 0 Å². The van der Waals surface area contributed by atoms with Gasteiger partial charge in [0.05, 0.1) is 0 Å². The zero-order valence-electron chi connectivity index (χ0n) is 22.7. The van der Waals surface area contributed by atoms with E-state index in [9.17, 15) is 136 Å². The van der Waals surface area contributed by atoms with Gasteiger partial charge in [-0.2, -0.15) is 136 Å². The Hall–Kier alpha value is -2.29. The molecule has 0 aliphatic rings. The fourth-order valence-electron chi connectivity index (χ4n) is 2.55. The predicted molar refractivity (Wildman–Crippen MR) is 96.6 cm³/mol. The van der Waals surface area contributed by atoms with Crippen molar-refractivity contribution in [3.63, 3.8) is 0 Å². The average molecular weight is 862 g/mol. The van der Waals surface area contributed by atoms with E-state index in [-0.39, 0.29) is 0 Å². The van der Waals surface area contributed by atoms with Gasteiger partial charge in [0.2, 0.25) is 0 Å². The van der Waals surface area contributed by atoms with Crippen molar-refractivity contribution in [2.75, 3.05) is 19.8 Å². The summed E-state index contributed by atoms with van der Waals surface area (Å²) < 4.78 is 393. The fraction of sp³-hybridized carbons (Fsp3) is 1.00. The van der Waals surface area contributed by atoms with E-state index < -0.39 is 109 Å². The van der Waals surface area contributed by atoms with Crippen molar-refractivity contribution in [2.24, 2.45) is 0 Å². The molecule has 0 aliphatic carbocycles. The number of hydrogen-bond donors (Lipinski definition) is 3. The maximum atomic E-state index is 13.0. The van der Waals surface area contributed by atoms with Crippen LogP contribution < -0.4 is 0 Å². The molecular weight excluding hydrogens is 853 g/mol. The van der Waals surface area contributed by atoms with Gasteiger partial charge in [-0.25, -0.2) is 0 Å². The van der Waals surface area contributed by atoms with Crippen LogP contribution in [0.3, 0.4) is 0 Å². The van der Waals surface area contributed by atoms with Crippen LogP contribution in [0, 0.1) is 0 Å². The van der Waals surface area contributed by atoms with Crippen molar-refractivity contribution in [1.29, 1.82) is 0 Å². The predicted octanol–water partition coefficient (Wildman–Crippen LogP) is 8.41. The first-order chi connectivity index (χ1) is 21.9. The molecule has 0 saturated carbocycles. The smallest absolute Gasteiger partial charge is 0.390 e. The minimum Gasteiger partial charge on any atom is -0.390 e. The van der Waals surface area contributed by atoms with Crippen molar-refractivity contribution in [3.05, 3.63) is 0 Å². The highest BCUT2D eigenvalue weighted by atomic mass is 19.4. The molecule has 0 aromatic heterocycles. The van der Waals surface area contributed by atoms with Gasteiger partial charge in [-0.05, 0) is 0 Å². The summed E-state index contributed by atoms with van der Waals surface area (Å²) in [5.41, 5.74) is 0. The third-order valence-corrected chi connectivity index (χ3v) is 5.88. The SMILES string of the molecule is OCC(F)(F)C(F)(F)C(F)(F)C(F)(F)C(F)(F)C(F)(F)C(F)(F)C(F)(F)F.OCC(F)(F)C(F)(F)C(F)(F)C(F)(F)C(F)(F)C(F)(F)C(F)(F)CO. The van der Waals surface area contributed by atoms with Crippen LogP contribution >= 0.6 is 0 Å². The fourth-order valence-corrected chi connectivity index (χ4v) is 2.55. The third-order valence-electron chi connectivity index (χ3n) is 5.88. The first-order valence-electron chi connectivity index (χ1n) is 11.1. The summed E-state index contributed by atoms with van der Waals surface area (Å²) in [5, 5.41) is 23.3. The monoisotopic (exact) mass is 862 g/mol. The molecule has 0 unspecified atom stereocenters. The maximum absolute atomic E-state index is 13.0. The topological polar surface area (TPSA) is 60.7 Å². The molecule has 0 atom stereocenters. The van der Waals surface area contributed by atoms with Crippen molar-refractivity contribution in [3.8, 4) is 0 Å². The summed E-state index contributed by atoms with van der Waals surface area (Å²) in [7, 11) is 0. The largest absolute Gasteiger partial charge is 0.460 e. The number of aliphatic hydroxyl groups is 3. The lowest BCUT2D eigenvalue weighted by molar-refractivity contribution is -0.462. The summed E-state index contributed by atoms with van der Waals surface area (Å²) in [6, 6.07) is 0. The Balaban J connectivity index is 0. The number of rotatable bonds is 15. The van der Waals surface area contributed by atoms with Gasteiger partial charge in [0.1, 0.15) is 19.8 Å². The summed E-state index contributed by atoms with van der Waals surface area (Å²) in [6.07, 6.45) is -7.77. The van der Waals surface area contributed by atoms with Crippen LogP contribution in [0.1, 0.15) is 0 Å². The van der Waals surface area contributed by atoms with E-state index in [2.05, 4.69) is 0 Å². The number of hydrogen-bond acceptors (Lipinski definition) is 3. The van der Waals surface area contributed by atoms with Crippen LogP contribution in [0.4, 0.5) is 136 Å². The minimum absolute atomic E-state index is 3.31. The van der Waals surface area contributed by atoms with E-state index in [1.807, 2.05) is 0 Å². The number of halogens is 31. The van der Waals surface area contributed by atoms with E-state index in [0.29, 0.717) is 0 Å². The summed E-state index contributed by atoms with van der Waals surface area (Å²) in [5.74, 6) is -109. The van der Waals surface area contributed by atoms with Crippen molar-refractivity contribution >= 4 is 0 Å². The molecule has 34 heteroatoms. The lowest BCUT2D eigenvalue weighted by Gasteiger charge is -2.42. The van der Waals surface area contributed by atoms with Gasteiger partial charge >= 0.3 is 89.1 Å². The Morgan fingerprint density at radius 1 is 0.192 bits per heavy atom. The summed E-state index contributed by atoms with van der Waals surface area (Å²) in [6.45, 7) is -10.1. The molecule has 0 spiro atoms. The highest BCUT2D eigenvalue weighted by molar-refractivity contribution is 5.16. The van der Waals surface area contributed by atoms with Gasteiger partial charge < -0.3 is 15.3 Å². The van der Waals surface area contributed by atoms with Gasteiger partial charge in [-0.3, -0.25) is 0 Å². The van der Waals surface area contributed by atoms with Crippen LogP contribution in [-0.4, -0.2) is 124 Å². The van der Waals surface area contributed by atoms with Crippen molar-refractivity contribution in [2.45, 2.75) is 89.1 Å². The lowest BCUT2D eigenvalue weighted by atomic mass is 9.89. The van der Waals surface area contributed by atoms with Gasteiger partial charge in [0, 0.05) is 0 Å². The Kier molecular flexibility index (Phi) is 13.4. The Bertz CT molecular complexity index is 1170. The van der Waals surface area contributed by atoms with Crippen molar-refractivity contribution in [1.82, 2.24) is 0 Å². The molecule has 3 N–H and O–H groups in total. The van der Waals surface area contributed by atoms with Gasteiger partial charge in [0.25, 0.3) is 0 Å². The molecule has 0 amide bonds. The molecule has 3 nitrogen and oxygen atoms in total. The molecule has 0 rings (SSSR count). The normalized spacial score (nSPS) is 16.5. The molecule has 0 aliphatic heterocycles. The van der Waals surface area contributed by atoms with Gasteiger partial charge in [-0.15, -0.1) is 0 Å². The molecule has 0 aromatic carbocycles. The Morgan fingerprint density at radius 3 is 0.423 bits per heavy atom. The second-order valence-electron chi connectivity index (χ2n) is 9.40. The zero-order valence-corrected chi connectivity index (χ0v) is 22.7.